The van der Waals surface area contributed by atoms with Crippen LogP contribution in [0.5, 0.6) is 5.75 Å². The van der Waals surface area contributed by atoms with Crippen molar-refractivity contribution in [3.8, 4) is 11.8 Å². The monoisotopic (exact) mass is 297 g/mol. The highest BCUT2D eigenvalue weighted by Crippen LogP contribution is 2.29. The Morgan fingerprint density at radius 2 is 2.30 bits per heavy atom. The molecule has 2 rings (SSSR count). The van der Waals surface area contributed by atoms with Gasteiger partial charge in [0, 0.05) is 18.3 Å². The van der Waals surface area contributed by atoms with Crippen LogP contribution in [0.15, 0.2) is 23.1 Å². The second-order valence-electron chi connectivity index (χ2n) is 4.26. The number of rotatable bonds is 3. The van der Waals surface area contributed by atoms with Crippen LogP contribution in [0.1, 0.15) is 0 Å². The average molecular weight is 297 g/mol. The molecular weight excluding hydrogens is 282 g/mol. The lowest BCUT2D eigenvalue weighted by molar-refractivity contribution is 0.0311. The van der Waals surface area contributed by atoms with Gasteiger partial charge in [-0.3, -0.25) is 0 Å². The highest BCUT2D eigenvalue weighted by atomic mass is 32.2. The Labute approximate surface area is 117 Å². The van der Waals surface area contributed by atoms with Gasteiger partial charge in [-0.15, -0.1) is 0 Å². The molecule has 0 radical (unpaired) electrons. The number of hydrogen-bond acceptors (Lipinski definition) is 6. The summed E-state index contributed by atoms with van der Waals surface area (Å²) in [7, 11) is -2.36. The van der Waals surface area contributed by atoms with Crippen LogP contribution in [-0.4, -0.2) is 45.6 Å². The van der Waals surface area contributed by atoms with Gasteiger partial charge in [0.15, 0.2) is 6.10 Å². The van der Waals surface area contributed by atoms with Crippen LogP contribution in [0, 0.1) is 11.3 Å². The van der Waals surface area contributed by atoms with Gasteiger partial charge < -0.3 is 15.2 Å². The van der Waals surface area contributed by atoms with Crippen molar-refractivity contribution in [2.75, 3.05) is 32.5 Å². The number of benzene rings is 1. The van der Waals surface area contributed by atoms with Crippen molar-refractivity contribution in [3.63, 3.8) is 0 Å². The minimum absolute atomic E-state index is 0.00631. The topological polar surface area (TPSA) is 106 Å². The normalized spacial score (nSPS) is 20.3. The second-order valence-corrected chi connectivity index (χ2v) is 6.17. The first-order chi connectivity index (χ1) is 9.48. The second kappa shape index (κ2) is 5.66. The molecule has 2 N–H and O–H groups in total. The molecule has 108 valence electrons. The van der Waals surface area contributed by atoms with E-state index in [9.17, 15) is 8.42 Å². The molecule has 7 nitrogen and oxygen atoms in total. The van der Waals surface area contributed by atoms with Gasteiger partial charge in [0.2, 0.25) is 10.0 Å². The standard InChI is InChI=1S/C12H15N3O4S/c1-18-11-6-9(14)2-3-12(11)20(16,17)15-4-5-19-10(7-13)8-15/h2-3,6,10H,4-5,8,14H2,1H3. The zero-order valence-electron chi connectivity index (χ0n) is 10.9. The van der Waals surface area contributed by atoms with Gasteiger partial charge in [-0.05, 0) is 12.1 Å². The van der Waals surface area contributed by atoms with Crippen LogP contribution in [0.2, 0.25) is 0 Å². The summed E-state index contributed by atoms with van der Waals surface area (Å²) < 4.78 is 36.6. The van der Waals surface area contributed by atoms with E-state index in [1.807, 2.05) is 6.07 Å². The van der Waals surface area contributed by atoms with E-state index in [4.69, 9.17) is 20.5 Å². The molecule has 0 saturated carbocycles. The molecule has 1 aliphatic rings. The molecule has 0 spiro atoms. The van der Waals surface area contributed by atoms with Crippen LogP contribution in [0.3, 0.4) is 0 Å². The van der Waals surface area contributed by atoms with Crippen molar-refractivity contribution in [1.82, 2.24) is 4.31 Å². The van der Waals surface area contributed by atoms with E-state index in [1.165, 1.54) is 29.6 Å². The maximum absolute atomic E-state index is 12.6. The van der Waals surface area contributed by atoms with Crippen molar-refractivity contribution in [1.29, 1.82) is 5.26 Å². The summed E-state index contributed by atoms with van der Waals surface area (Å²) in [4.78, 5) is 0.0350. The summed E-state index contributed by atoms with van der Waals surface area (Å²) in [5.41, 5.74) is 6.03. The fourth-order valence-corrected chi connectivity index (χ4v) is 3.52. The van der Waals surface area contributed by atoms with Crippen LogP contribution >= 0.6 is 0 Å². The Morgan fingerprint density at radius 1 is 1.55 bits per heavy atom. The Balaban J connectivity index is 2.38. The number of morpholine rings is 1. The molecule has 0 bridgehead atoms. The number of ether oxygens (including phenoxy) is 2. The summed E-state index contributed by atoms with van der Waals surface area (Å²) in [6.45, 7) is 0.398. The average Bonchev–Trinajstić information content (AvgIpc) is 2.46. The third-order valence-electron chi connectivity index (χ3n) is 2.98. The number of nitrogens with zero attached hydrogens (tertiary/aromatic N) is 2. The molecule has 1 fully saturated rings. The summed E-state index contributed by atoms with van der Waals surface area (Å²) in [5.74, 6) is 0.185. The van der Waals surface area contributed by atoms with Gasteiger partial charge in [0.25, 0.3) is 0 Å². The Morgan fingerprint density at radius 3 is 2.95 bits per heavy atom. The van der Waals surface area contributed by atoms with E-state index in [0.29, 0.717) is 5.69 Å². The van der Waals surface area contributed by atoms with E-state index in [-0.39, 0.29) is 30.3 Å². The van der Waals surface area contributed by atoms with Crippen molar-refractivity contribution in [2.45, 2.75) is 11.0 Å². The molecule has 1 aliphatic heterocycles. The lowest BCUT2D eigenvalue weighted by Gasteiger charge is -2.29. The molecule has 0 amide bonds. The smallest absolute Gasteiger partial charge is 0.246 e. The third-order valence-corrected chi connectivity index (χ3v) is 4.88. The Bertz CT molecular complexity index is 639. The molecule has 0 aliphatic carbocycles. The van der Waals surface area contributed by atoms with Gasteiger partial charge in [-0.1, -0.05) is 0 Å². The molecule has 1 unspecified atom stereocenters. The zero-order chi connectivity index (χ0) is 14.8. The molecule has 1 aromatic carbocycles. The third kappa shape index (κ3) is 2.70. The van der Waals surface area contributed by atoms with Crippen LogP contribution < -0.4 is 10.5 Å². The molecule has 1 atom stereocenters. The van der Waals surface area contributed by atoms with Crippen molar-refractivity contribution < 1.29 is 17.9 Å². The van der Waals surface area contributed by atoms with E-state index < -0.39 is 16.1 Å². The first kappa shape index (κ1) is 14.6. The lowest BCUT2D eigenvalue weighted by atomic mass is 10.3. The maximum Gasteiger partial charge on any atom is 0.246 e. The van der Waals surface area contributed by atoms with Crippen molar-refractivity contribution >= 4 is 15.7 Å². The number of nitrogens with two attached hydrogens (primary N) is 1. The summed E-state index contributed by atoms with van der Waals surface area (Å²) >= 11 is 0. The van der Waals surface area contributed by atoms with E-state index in [1.54, 1.807) is 0 Å². The number of nitrogen functional groups attached to an aromatic ring is 1. The summed E-state index contributed by atoms with van der Waals surface area (Å²) in [6.07, 6.45) is -0.752. The van der Waals surface area contributed by atoms with E-state index in [0.717, 1.165) is 0 Å². The van der Waals surface area contributed by atoms with Gasteiger partial charge >= 0.3 is 0 Å². The van der Waals surface area contributed by atoms with Crippen LogP contribution in [0.4, 0.5) is 5.69 Å². The molecule has 1 heterocycles. The number of anilines is 1. The molecule has 1 saturated heterocycles. The van der Waals surface area contributed by atoms with Crippen molar-refractivity contribution in [3.05, 3.63) is 18.2 Å². The highest BCUT2D eigenvalue weighted by molar-refractivity contribution is 7.89. The molecule has 0 aromatic heterocycles. The predicted molar refractivity (Wildman–Crippen MR) is 71.5 cm³/mol. The summed E-state index contributed by atoms with van der Waals surface area (Å²) in [6, 6.07) is 6.27. The summed E-state index contributed by atoms with van der Waals surface area (Å²) in [5, 5.41) is 8.84. The number of hydrogen-bond donors (Lipinski definition) is 1. The van der Waals surface area contributed by atoms with Gasteiger partial charge in [-0.25, -0.2) is 8.42 Å². The predicted octanol–water partition coefficient (Wildman–Crippen LogP) is 0.190. The quantitative estimate of drug-likeness (QED) is 0.798. The Hall–Kier alpha value is -1.82. The largest absolute Gasteiger partial charge is 0.495 e. The Kier molecular flexibility index (Phi) is 4.13. The minimum atomic E-state index is -3.74. The van der Waals surface area contributed by atoms with E-state index >= 15 is 0 Å². The van der Waals surface area contributed by atoms with Crippen molar-refractivity contribution in [2.24, 2.45) is 0 Å². The van der Waals surface area contributed by atoms with Gasteiger partial charge in [0.05, 0.1) is 26.3 Å². The minimum Gasteiger partial charge on any atom is -0.495 e. The van der Waals surface area contributed by atoms with E-state index in [2.05, 4.69) is 0 Å². The molecule has 8 heteroatoms. The molecular formula is C12H15N3O4S. The molecule has 20 heavy (non-hydrogen) atoms. The fourth-order valence-electron chi connectivity index (χ4n) is 1.96. The highest BCUT2D eigenvalue weighted by Gasteiger charge is 2.32. The molecule has 1 aromatic rings. The zero-order valence-corrected chi connectivity index (χ0v) is 11.8. The first-order valence-corrected chi connectivity index (χ1v) is 7.38. The first-order valence-electron chi connectivity index (χ1n) is 5.94. The van der Waals surface area contributed by atoms with Crippen LogP contribution in [-0.2, 0) is 14.8 Å². The number of sulfonamides is 1. The number of methoxy groups -OCH3 is 1. The number of nitriles is 1. The SMILES string of the molecule is COc1cc(N)ccc1S(=O)(=O)N1CCOC(C#N)C1. The van der Waals surface area contributed by atoms with Gasteiger partial charge in [-0.2, -0.15) is 9.57 Å². The van der Waals surface area contributed by atoms with Crippen LogP contribution in [0.25, 0.3) is 0 Å². The maximum atomic E-state index is 12.6. The fraction of sp³-hybridized carbons (Fsp3) is 0.417. The lowest BCUT2D eigenvalue weighted by Crippen LogP contribution is -2.45. The van der Waals surface area contributed by atoms with Gasteiger partial charge in [0.1, 0.15) is 10.6 Å².